The highest BCUT2D eigenvalue weighted by Gasteiger charge is 2.28. The molecule has 100 valence electrons. The Morgan fingerprint density at radius 2 is 2.11 bits per heavy atom. The lowest BCUT2D eigenvalue weighted by Gasteiger charge is -2.11. The van der Waals surface area contributed by atoms with Crippen LogP contribution in [-0.4, -0.2) is 18.5 Å². The summed E-state index contributed by atoms with van der Waals surface area (Å²) in [6.07, 6.45) is 2.17. The van der Waals surface area contributed by atoms with Crippen LogP contribution >= 0.6 is 12.4 Å². The van der Waals surface area contributed by atoms with Crippen LogP contribution in [0.5, 0.6) is 0 Å². The Balaban J connectivity index is 0.00000162. The number of carbonyl (C=O) groups is 1. The van der Waals surface area contributed by atoms with E-state index < -0.39 is 17.5 Å². The summed E-state index contributed by atoms with van der Waals surface area (Å²) in [4.78, 5) is 11.6. The summed E-state index contributed by atoms with van der Waals surface area (Å²) in [6.45, 7) is 0.320. The van der Waals surface area contributed by atoms with E-state index in [0.717, 1.165) is 25.0 Å². The molecule has 1 atom stereocenters. The van der Waals surface area contributed by atoms with Gasteiger partial charge in [-0.1, -0.05) is 0 Å². The molecule has 1 saturated carbocycles. The molecule has 0 spiro atoms. The van der Waals surface area contributed by atoms with Gasteiger partial charge in [0.05, 0.1) is 5.56 Å². The zero-order valence-electron chi connectivity index (χ0n) is 9.66. The quantitative estimate of drug-likeness (QED) is 0.882. The number of amides is 1. The maximum Gasteiger partial charge on any atom is 0.254 e. The summed E-state index contributed by atoms with van der Waals surface area (Å²) in [5, 5.41) is 2.55. The Hall–Kier alpha value is -1.20. The molecule has 18 heavy (non-hydrogen) atoms. The summed E-state index contributed by atoms with van der Waals surface area (Å²) in [7, 11) is 0. The highest BCUT2D eigenvalue weighted by Crippen LogP contribution is 2.31. The van der Waals surface area contributed by atoms with Crippen LogP contribution in [-0.2, 0) is 0 Å². The van der Waals surface area contributed by atoms with Crippen molar-refractivity contribution >= 4 is 18.3 Å². The average Bonchev–Trinajstić information content (AvgIpc) is 3.09. The molecule has 0 heterocycles. The first-order valence-corrected chi connectivity index (χ1v) is 5.57. The zero-order valence-corrected chi connectivity index (χ0v) is 10.5. The van der Waals surface area contributed by atoms with Crippen molar-refractivity contribution in [1.29, 1.82) is 0 Å². The van der Waals surface area contributed by atoms with Crippen molar-refractivity contribution in [2.75, 3.05) is 6.54 Å². The van der Waals surface area contributed by atoms with Crippen LogP contribution in [0.4, 0.5) is 8.78 Å². The maximum atomic E-state index is 13.3. The van der Waals surface area contributed by atoms with Crippen LogP contribution < -0.4 is 11.1 Å². The molecule has 1 aromatic rings. The van der Waals surface area contributed by atoms with Crippen LogP contribution in [0, 0.1) is 17.6 Å². The Labute approximate surface area is 110 Å². The number of nitrogens with two attached hydrogens (primary N) is 1. The van der Waals surface area contributed by atoms with Crippen molar-refractivity contribution in [2.24, 2.45) is 11.7 Å². The second-order valence-corrected chi connectivity index (χ2v) is 4.34. The molecule has 6 heteroatoms. The van der Waals surface area contributed by atoms with Gasteiger partial charge < -0.3 is 11.1 Å². The fourth-order valence-electron chi connectivity index (χ4n) is 1.67. The molecule has 1 aliphatic rings. The standard InChI is InChI=1S/C12H14F2N2O.ClH/c13-8-3-4-9(10(14)5-8)12(17)16-6-11(15)7-1-2-7;/h3-5,7,11H,1-2,6,15H2,(H,16,17);1H. The van der Waals surface area contributed by atoms with Crippen molar-refractivity contribution < 1.29 is 13.6 Å². The molecular weight excluding hydrogens is 262 g/mol. The van der Waals surface area contributed by atoms with E-state index in [2.05, 4.69) is 5.32 Å². The Morgan fingerprint density at radius 1 is 1.44 bits per heavy atom. The molecular formula is C12H15ClF2N2O. The number of rotatable bonds is 4. The lowest BCUT2D eigenvalue weighted by atomic mass is 10.1. The number of benzene rings is 1. The number of nitrogens with one attached hydrogen (secondary N) is 1. The molecule has 1 fully saturated rings. The number of halogens is 3. The molecule has 1 unspecified atom stereocenters. The molecule has 1 aliphatic carbocycles. The molecule has 1 aromatic carbocycles. The lowest BCUT2D eigenvalue weighted by molar-refractivity contribution is 0.0946. The molecule has 0 aliphatic heterocycles. The van der Waals surface area contributed by atoms with Gasteiger partial charge in [-0.05, 0) is 30.9 Å². The zero-order chi connectivity index (χ0) is 12.4. The van der Waals surface area contributed by atoms with E-state index >= 15 is 0 Å². The maximum absolute atomic E-state index is 13.3. The van der Waals surface area contributed by atoms with Gasteiger partial charge in [-0.3, -0.25) is 4.79 Å². The molecule has 2 rings (SSSR count). The van der Waals surface area contributed by atoms with Gasteiger partial charge in [0.1, 0.15) is 11.6 Å². The summed E-state index contributed by atoms with van der Waals surface area (Å²) >= 11 is 0. The van der Waals surface area contributed by atoms with Crippen LogP contribution in [0.15, 0.2) is 18.2 Å². The first-order chi connectivity index (χ1) is 8.08. The van der Waals surface area contributed by atoms with Gasteiger partial charge in [0, 0.05) is 18.7 Å². The fourth-order valence-corrected chi connectivity index (χ4v) is 1.67. The van der Waals surface area contributed by atoms with Gasteiger partial charge in [0.2, 0.25) is 0 Å². The summed E-state index contributed by atoms with van der Waals surface area (Å²) < 4.78 is 25.9. The van der Waals surface area contributed by atoms with Crippen molar-refractivity contribution in [3.8, 4) is 0 Å². The number of carbonyl (C=O) groups excluding carboxylic acids is 1. The Kier molecular flexibility index (Phi) is 5.04. The van der Waals surface area contributed by atoms with Crippen LogP contribution in [0.2, 0.25) is 0 Å². The first-order valence-electron chi connectivity index (χ1n) is 5.57. The average molecular weight is 277 g/mol. The van der Waals surface area contributed by atoms with E-state index in [-0.39, 0.29) is 24.0 Å². The van der Waals surface area contributed by atoms with Crippen molar-refractivity contribution in [1.82, 2.24) is 5.32 Å². The van der Waals surface area contributed by atoms with Crippen LogP contribution in [0.1, 0.15) is 23.2 Å². The predicted molar refractivity (Wildman–Crippen MR) is 66.6 cm³/mol. The first kappa shape index (κ1) is 14.9. The van der Waals surface area contributed by atoms with Crippen LogP contribution in [0.3, 0.4) is 0 Å². The molecule has 3 nitrogen and oxygen atoms in total. The smallest absolute Gasteiger partial charge is 0.254 e. The van der Waals surface area contributed by atoms with Crippen LogP contribution in [0.25, 0.3) is 0 Å². The fraction of sp³-hybridized carbons (Fsp3) is 0.417. The van der Waals surface area contributed by atoms with E-state index in [0.29, 0.717) is 18.5 Å². The van der Waals surface area contributed by atoms with Crippen molar-refractivity contribution in [2.45, 2.75) is 18.9 Å². The third-order valence-electron chi connectivity index (χ3n) is 2.90. The molecule has 1 amide bonds. The molecule has 0 bridgehead atoms. The minimum Gasteiger partial charge on any atom is -0.350 e. The minimum atomic E-state index is -0.859. The lowest BCUT2D eigenvalue weighted by Crippen LogP contribution is -2.38. The van der Waals surface area contributed by atoms with Gasteiger partial charge >= 0.3 is 0 Å². The minimum absolute atomic E-state index is 0. The Morgan fingerprint density at radius 3 is 2.67 bits per heavy atom. The van der Waals surface area contributed by atoms with Gasteiger partial charge in [-0.15, -0.1) is 12.4 Å². The topological polar surface area (TPSA) is 55.1 Å². The van der Waals surface area contributed by atoms with Gasteiger partial charge in [0.15, 0.2) is 0 Å². The van der Waals surface area contributed by atoms with Crippen molar-refractivity contribution in [3.63, 3.8) is 0 Å². The monoisotopic (exact) mass is 276 g/mol. The molecule has 0 saturated heterocycles. The third kappa shape index (κ3) is 3.65. The predicted octanol–water partition coefficient (Wildman–Crippen LogP) is 1.85. The highest BCUT2D eigenvalue weighted by molar-refractivity contribution is 5.94. The van der Waals surface area contributed by atoms with E-state index in [9.17, 15) is 13.6 Å². The molecule has 0 aromatic heterocycles. The van der Waals surface area contributed by atoms with Gasteiger partial charge in [0.25, 0.3) is 5.91 Å². The number of hydrogen-bond acceptors (Lipinski definition) is 2. The summed E-state index contributed by atoms with van der Waals surface area (Å²) in [6, 6.07) is 2.79. The second-order valence-electron chi connectivity index (χ2n) is 4.34. The van der Waals surface area contributed by atoms with Crippen molar-refractivity contribution in [3.05, 3.63) is 35.4 Å². The third-order valence-corrected chi connectivity index (χ3v) is 2.90. The van der Waals surface area contributed by atoms with E-state index in [1.807, 2.05) is 0 Å². The molecule has 0 radical (unpaired) electrons. The summed E-state index contributed by atoms with van der Waals surface area (Å²) in [5.74, 6) is -1.65. The SMILES string of the molecule is Cl.NC(CNC(=O)c1ccc(F)cc1F)C1CC1. The van der Waals surface area contributed by atoms with E-state index in [4.69, 9.17) is 5.73 Å². The largest absolute Gasteiger partial charge is 0.350 e. The highest BCUT2D eigenvalue weighted by atomic mass is 35.5. The van der Waals surface area contributed by atoms with E-state index in [1.165, 1.54) is 0 Å². The second kappa shape index (κ2) is 6.11. The van der Waals surface area contributed by atoms with E-state index in [1.54, 1.807) is 0 Å². The number of hydrogen-bond donors (Lipinski definition) is 2. The van der Waals surface area contributed by atoms with Gasteiger partial charge in [-0.2, -0.15) is 0 Å². The molecule has 3 N–H and O–H groups in total. The van der Waals surface area contributed by atoms with Gasteiger partial charge in [-0.25, -0.2) is 8.78 Å². The normalized spacial score (nSPS) is 15.7. The summed E-state index contributed by atoms with van der Waals surface area (Å²) in [5.41, 5.74) is 5.64. The Bertz CT molecular complexity index is 438.